The summed E-state index contributed by atoms with van der Waals surface area (Å²) in [6.07, 6.45) is 1.72. The minimum absolute atomic E-state index is 0.0117. The molecule has 0 bridgehead atoms. The highest BCUT2D eigenvalue weighted by Gasteiger charge is 2.34. The molecule has 1 saturated heterocycles. The van der Waals surface area contributed by atoms with Crippen LogP contribution < -0.4 is 14.2 Å². The van der Waals surface area contributed by atoms with Crippen molar-refractivity contribution in [1.82, 2.24) is 4.90 Å². The zero-order valence-corrected chi connectivity index (χ0v) is 20.3. The first-order valence-electron chi connectivity index (χ1n) is 11.3. The molecule has 1 aliphatic rings. The summed E-state index contributed by atoms with van der Waals surface area (Å²) in [5.41, 5.74) is 0.761. The quantitative estimate of drug-likeness (QED) is 0.345. The first-order valence-corrected chi connectivity index (χ1v) is 12.1. The monoisotopic (exact) mass is 477 g/mol. The number of hydrogen-bond donors (Lipinski definition) is 0. The fourth-order valence-electron chi connectivity index (χ4n) is 3.65. The SMILES string of the molecule is CCOc1cc(/C=C2\SC(=O)N(CCOc3cccc4ccccc34)C2=O)ccc1OC(C)C. The Bertz CT molecular complexity index is 1230. The van der Waals surface area contributed by atoms with Crippen molar-refractivity contribution in [2.75, 3.05) is 19.8 Å². The zero-order chi connectivity index (χ0) is 24.1. The fourth-order valence-corrected chi connectivity index (χ4v) is 4.51. The van der Waals surface area contributed by atoms with Gasteiger partial charge in [-0.15, -0.1) is 0 Å². The van der Waals surface area contributed by atoms with E-state index in [9.17, 15) is 9.59 Å². The van der Waals surface area contributed by atoms with Crippen LogP contribution in [0.3, 0.4) is 0 Å². The van der Waals surface area contributed by atoms with Gasteiger partial charge in [0.05, 0.1) is 24.2 Å². The van der Waals surface area contributed by atoms with Crippen LogP contribution in [-0.2, 0) is 4.79 Å². The van der Waals surface area contributed by atoms with Crippen molar-refractivity contribution >= 4 is 39.8 Å². The van der Waals surface area contributed by atoms with Crippen LogP contribution in [0.25, 0.3) is 16.8 Å². The van der Waals surface area contributed by atoms with Gasteiger partial charge in [0.2, 0.25) is 0 Å². The number of amides is 2. The third-order valence-corrected chi connectivity index (χ3v) is 6.03. The van der Waals surface area contributed by atoms with Gasteiger partial charge < -0.3 is 14.2 Å². The van der Waals surface area contributed by atoms with Gasteiger partial charge in [-0.2, -0.15) is 0 Å². The highest BCUT2D eigenvalue weighted by Crippen LogP contribution is 2.35. The maximum absolute atomic E-state index is 12.9. The molecule has 3 aromatic carbocycles. The van der Waals surface area contributed by atoms with Gasteiger partial charge in [0.15, 0.2) is 11.5 Å². The van der Waals surface area contributed by atoms with Crippen LogP contribution in [0.2, 0.25) is 0 Å². The van der Waals surface area contributed by atoms with Crippen molar-refractivity contribution in [2.45, 2.75) is 26.9 Å². The molecule has 176 valence electrons. The molecule has 0 saturated carbocycles. The molecule has 0 aromatic heterocycles. The Kier molecular flexibility index (Phi) is 7.43. The molecule has 4 rings (SSSR count). The van der Waals surface area contributed by atoms with Gasteiger partial charge in [-0.25, -0.2) is 0 Å². The second-order valence-corrected chi connectivity index (χ2v) is 8.96. The van der Waals surface area contributed by atoms with Gasteiger partial charge in [-0.3, -0.25) is 14.5 Å². The second-order valence-electron chi connectivity index (χ2n) is 7.96. The molecule has 0 aliphatic carbocycles. The van der Waals surface area contributed by atoms with Gasteiger partial charge in [-0.1, -0.05) is 42.5 Å². The number of rotatable bonds is 9. The lowest BCUT2D eigenvalue weighted by atomic mass is 10.1. The van der Waals surface area contributed by atoms with E-state index in [0.29, 0.717) is 23.0 Å². The maximum atomic E-state index is 12.9. The summed E-state index contributed by atoms with van der Waals surface area (Å²) >= 11 is 0.930. The van der Waals surface area contributed by atoms with E-state index < -0.39 is 0 Å². The van der Waals surface area contributed by atoms with Crippen molar-refractivity contribution in [3.63, 3.8) is 0 Å². The van der Waals surface area contributed by atoms with Crippen LogP contribution >= 0.6 is 11.8 Å². The average molecular weight is 478 g/mol. The van der Waals surface area contributed by atoms with Gasteiger partial charge >= 0.3 is 0 Å². The van der Waals surface area contributed by atoms with E-state index in [2.05, 4.69) is 0 Å². The van der Waals surface area contributed by atoms with Crippen LogP contribution in [0.5, 0.6) is 17.2 Å². The number of benzene rings is 3. The Balaban J connectivity index is 1.44. The molecule has 1 fully saturated rings. The van der Waals surface area contributed by atoms with E-state index in [4.69, 9.17) is 14.2 Å². The van der Waals surface area contributed by atoms with Crippen molar-refractivity contribution in [3.05, 3.63) is 71.1 Å². The maximum Gasteiger partial charge on any atom is 0.293 e. The number of fused-ring (bicyclic) bond motifs is 1. The Morgan fingerprint density at radius 3 is 2.53 bits per heavy atom. The van der Waals surface area contributed by atoms with E-state index in [1.54, 1.807) is 6.08 Å². The Morgan fingerprint density at radius 1 is 0.941 bits per heavy atom. The number of carbonyl (C=O) groups excluding carboxylic acids is 2. The standard InChI is InChI=1S/C27H27NO5S/c1-4-31-24-16-19(12-13-23(24)33-18(2)3)17-25-26(29)28(27(30)34-25)14-15-32-22-11-7-9-20-8-5-6-10-21(20)22/h5-13,16-18H,4,14-15H2,1-3H3/b25-17-. The normalized spacial score (nSPS) is 14.9. The minimum atomic E-state index is -0.322. The average Bonchev–Trinajstić information content (AvgIpc) is 3.08. The number of nitrogens with zero attached hydrogens (tertiary/aromatic N) is 1. The van der Waals surface area contributed by atoms with Crippen LogP contribution in [0.15, 0.2) is 65.6 Å². The van der Waals surface area contributed by atoms with Crippen molar-refractivity contribution in [1.29, 1.82) is 0 Å². The van der Waals surface area contributed by atoms with Gasteiger partial charge in [0.25, 0.3) is 11.1 Å². The smallest absolute Gasteiger partial charge is 0.293 e. The summed E-state index contributed by atoms with van der Waals surface area (Å²) < 4.78 is 17.4. The number of imide groups is 1. The van der Waals surface area contributed by atoms with Crippen molar-refractivity contribution < 1.29 is 23.8 Å². The van der Waals surface area contributed by atoms with E-state index in [-0.39, 0.29) is 30.4 Å². The summed E-state index contributed by atoms with van der Waals surface area (Å²) in [5.74, 6) is 1.66. The van der Waals surface area contributed by atoms with Crippen LogP contribution in [0, 0.1) is 0 Å². The molecule has 7 heteroatoms. The summed E-state index contributed by atoms with van der Waals surface area (Å²) in [5, 5.41) is 1.77. The molecule has 6 nitrogen and oxygen atoms in total. The van der Waals surface area contributed by atoms with E-state index in [1.807, 2.05) is 81.4 Å². The number of ether oxygens (including phenoxy) is 3. The van der Waals surface area contributed by atoms with Crippen molar-refractivity contribution in [2.24, 2.45) is 0 Å². The predicted molar refractivity (Wildman–Crippen MR) is 135 cm³/mol. The lowest BCUT2D eigenvalue weighted by Crippen LogP contribution is -2.32. The number of carbonyl (C=O) groups is 2. The van der Waals surface area contributed by atoms with Crippen LogP contribution in [0.1, 0.15) is 26.3 Å². The molecule has 3 aromatic rings. The lowest BCUT2D eigenvalue weighted by Gasteiger charge is -2.15. The minimum Gasteiger partial charge on any atom is -0.491 e. The molecule has 0 unspecified atom stereocenters. The fraction of sp³-hybridized carbons (Fsp3) is 0.259. The topological polar surface area (TPSA) is 65.1 Å². The summed E-state index contributed by atoms with van der Waals surface area (Å²) in [4.78, 5) is 27.0. The van der Waals surface area contributed by atoms with Gasteiger partial charge in [-0.05, 0) is 67.8 Å². The predicted octanol–water partition coefficient (Wildman–Crippen LogP) is 6.14. The molecule has 34 heavy (non-hydrogen) atoms. The molecule has 2 amide bonds. The highest BCUT2D eigenvalue weighted by molar-refractivity contribution is 8.18. The molecule has 1 heterocycles. The van der Waals surface area contributed by atoms with Crippen molar-refractivity contribution in [3.8, 4) is 17.2 Å². The summed E-state index contributed by atoms with van der Waals surface area (Å²) in [6, 6.07) is 19.2. The lowest BCUT2D eigenvalue weighted by molar-refractivity contribution is -0.123. The van der Waals surface area contributed by atoms with E-state index in [0.717, 1.165) is 33.8 Å². The molecule has 0 N–H and O–H groups in total. The van der Waals surface area contributed by atoms with Gasteiger partial charge in [0.1, 0.15) is 12.4 Å². The second kappa shape index (κ2) is 10.7. The Morgan fingerprint density at radius 2 is 1.74 bits per heavy atom. The summed E-state index contributed by atoms with van der Waals surface area (Å²) in [6.45, 7) is 6.68. The Hall–Kier alpha value is -3.45. The molecule has 1 aliphatic heterocycles. The van der Waals surface area contributed by atoms with E-state index >= 15 is 0 Å². The van der Waals surface area contributed by atoms with E-state index in [1.165, 1.54) is 4.90 Å². The number of thioether (sulfide) groups is 1. The molecular weight excluding hydrogens is 450 g/mol. The first kappa shape index (κ1) is 23.7. The third kappa shape index (κ3) is 5.37. The zero-order valence-electron chi connectivity index (χ0n) is 19.4. The third-order valence-electron chi connectivity index (χ3n) is 5.12. The highest BCUT2D eigenvalue weighted by atomic mass is 32.2. The summed E-state index contributed by atoms with van der Waals surface area (Å²) in [7, 11) is 0. The first-order chi connectivity index (χ1) is 16.5. The van der Waals surface area contributed by atoms with Crippen LogP contribution in [-0.4, -0.2) is 41.9 Å². The Labute approximate surface area is 203 Å². The molecular formula is C27H27NO5S. The molecule has 0 radical (unpaired) electrons. The largest absolute Gasteiger partial charge is 0.491 e. The number of hydrogen-bond acceptors (Lipinski definition) is 6. The molecule has 0 atom stereocenters. The molecule has 0 spiro atoms. The van der Waals surface area contributed by atoms with Gasteiger partial charge in [0, 0.05) is 5.39 Å². The van der Waals surface area contributed by atoms with Crippen LogP contribution in [0.4, 0.5) is 4.79 Å².